The largest absolute Gasteiger partial charge is 0.348 e. The molecule has 1 aliphatic carbocycles. The fourth-order valence-corrected chi connectivity index (χ4v) is 6.06. The minimum absolute atomic E-state index is 0.153. The van der Waals surface area contributed by atoms with Crippen LogP contribution >= 0.6 is 23.1 Å². The molecule has 3 aliphatic rings. The van der Waals surface area contributed by atoms with Gasteiger partial charge in [0.1, 0.15) is 0 Å². The first-order valence-corrected chi connectivity index (χ1v) is 9.96. The smallest absolute Gasteiger partial charge is 0.261 e. The number of hydrogen-bond acceptors (Lipinski definition) is 4. The monoisotopic (exact) mass is 322 g/mol. The van der Waals surface area contributed by atoms with Crippen LogP contribution in [0.5, 0.6) is 0 Å². The topological polar surface area (TPSA) is 41.1 Å². The highest BCUT2D eigenvalue weighted by Crippen LogP contribution is 2.38. The Bertz CT molecular complexity index is 527. The third kappa shape index (κ3) is 2.76. The van der Waals surface area contributed by atoms with Gasteiger partial charge in [-0.1, -0.05) is 0 Å². The molecule has 1 atom stereocenters. The quantitative estimate of drug-likeness (QED) is 0.879. The van der Waals surface area contributed by atoms with Crippen molar-refractivity contribution >= 4 is 29.0 Å². The molecule has 1 aromatic rings. The first kappa shape index (κ1) is 14.1. The molecule has 2 fully saturated rings. The number of nitrogens with one attached hydrogen (secondary N) is 2. The summed E-state index contributed by atoms with van der Waals surface area (Å²) in [6, 6.07) is 2.48. The SMILES string of the molecule is O=C(NC1CCNC2(CCC2)C1)c1cc2c(s1)CCSC2. The Morgan fingerprint density at radius 3 is 3.10 bits per heavy atom. The van der Waals surface area contributed by atoms with Crippen LogP contribution in [0.25, 0.3) is 0 Å². The summed E-state index contributed by atoms with van der Waals surface area (Å²) in [6.45, 7) is 1.04. The fraction of sp³-hybridized carbons (Fsp3) is 0.688. The van der Waals surface area contributed by atoms with Crippen LogP contribution in [0.2, 0.25) is 0 Å². The second-order valence-corrected chi connectivity index (χ2v) is 8.83. The van der Waals surface area contributed by atoms with E-state index < -0.39 is 0 Å². The average molecular weight is 322 g/mol. The number of amides is 1. The molecule has 0 radical (unpaired) electrons. The second-order valence-electron chi connectivity index (χ2n) is 6.59. The van der Waals surface area contributed by atoms with E-state index in [2.05, 4.69) is 16.7 Å². The van der Waals surface area contributed by atoms with Crippen molar-refractivity contribution in [3.63, 3.8) is 0 Å². The summed E-state index contributed by atoms with van der Waals surface area (Å²) in [7, 11) is 0. The van der Waals surface area contributed by atoms with Gasteiger partial charge in [-0.2, -0.15) is 11.8 Å². The maximum Gasteiger partial charge on any atom is 0.261 e. The van der Waals surface area contributed by atoms with Gasteiger partial charge in [-0.15, -0.1) is 11.3 Å². The van der Waals surface area contributed by atoms with Crippen molar-refractivity contribution in [3.05, 3.63) is 21.4 Å². The van der Waals surface area contributed by atoms with Crippen LogP contribution in [0.1, 0.15) is 52.2 Å². The van der Waals surface area contributed by atoms with E-state index in [0.717, 1.165) is 36.4 Å². The van der Waals surface area contributed by atoms with E-state index in [4.69, 9.17) is 0 Å². The number of hydrogen-bond donors (Lipinski definition) is 2. The van der Waals surface area contributed by atoms with E-state index in [-0.39, 0.29) is 5.91 Å². The van der Waals surface area contributed by atoms with Crippen LogP contribution in [-0.2, 0) is 12.2 Å². The van der Waals surface area contributed by atoms with Crippen molar-refractivity contribution in [2.24, 2.45) is 0 Å². The van der Waals surface area contributed by atoms with Crippen molar-refractivity contribution in [1.82, 2.24) is 10.6 Å². The van der Waals surface area contributed by atoms with Crippen molar-refractivity contribution in [2.45, 2.75) is 55.9 Å². The van der Waals surface area contributed by atoms with E-state index in [1.54, 1.807) is 11.3 Å². The van der Waals surface area contributed by atoms with Crippen molar-refractivity contribution in [3.8, 4) is 0 Å². The molecule has 1 saturated heterocycles. The summed E-state index contributed by atoms with van der Waals surface area (Å²) in [4.78, 5) is 14.9. The lowest BCUT2D eigenvalue weighted by molar-refractivity contribution is 0.0856. The lowest BCUT2D eigenvalue weighted by Gasteiger charge is -2.48. The first-order valence-electron chi connectivity index (χ1n) is 7.99. The van der Waals surface area contributed by atoms with Gasteiger partial charge < -0.3 is 10.6 Å². The molecule has 5 heteroatoms. The minimum atomic E-state index is 0.153. The van der Waals surface area contributed by atoms with Gasteiger partial charge in [-0.25, -0.2) is 0 Å². The molecule has 3 nitrogen and oxygen atoms in total. The van der Waals surface area contributed by atoms with E-state index in [9.17, 15) is 4.79 Å². The first-order chi connectivity index (χ1) is 10.2. The molecule has 1 unspecified atom stereocenters. The standard InChI is InChI=1S/C16H22N2OS2/c19-15(14-8-11-10-20-7-3-13(11)21-14)18-12-2-6-17-16(9-12)4-1-5-16/h8,12,17H,1-7,9-10H2,(H,18,19). The molecular formula is C16H22N2OS2. The van der Waals surface area contributed by atoms with Gasteiger partial charge in [0.05, 0.1) is 4.88 Å². The van der Waals surface area contributed by atoms with Crippen molar-refractivity contribution < 1.29 is 4.79 Å². The van der Waals surface area contributed by atoms with E-state index in [1.807, 2.05) is 11.8 Å². The van der Waals surface area contributed by atoms with Gasteiger partial charge >= 0.3 is 0 Å². The van der Waals surface area contributed by atoms with Gasteiger partial charge in [0, 0.05) is 22.2 Å². The van der Waals surface area contributed by atoms with Gasteiger partial charge in [-0.3, -0.25) is 4.79 Å². The van der Waals surface area contributed by atoms with Crippen LogP contribution in [0.4, 0.5) is 0 Å². The summed E-state index contributed by atoms with van der Waals surface area (Å²) < 4.78 is 0. The summed E-state index contributed by atoms with van der Waals surface area (Å²) in [5, 5.41) is 6.96. The summed E-state index contributed by atoms with van der Waals surface area (Å²) in [5.74, 6) is 2.43. The predicted octanol–water partition coefficient (Wildman–Crippen LogP) is 2.94. The van der Waals surface area contributed by atoms with Crippen molar-refractivity contribution in [2.75, 3.05) is 12.3 Å². The Morgan fingerprint density at radius 1 is 1.43 bits per heavy atom. The van der Waals surface area contributed by atoms with Crippen LogP contribution in [0, 0.1) is 0 Å². The lowest BCUT2D eigenvalue weighted by atomic mass is 9.70. The Kier molecular flexibility index (Phi) is 3.76. The zero-order valence-corrected chi connectivity index (χ0v) is 13.9. The number of piperidine rings is 1. The fourth-order valence-electron chi connectivity index (χ4n) is 3.78. The number of thiophene rings is 1. The summed E-state index contributed by atoms with van der Waals surface area (Å²) in [6.07, 6.45) is 7.21. The molecule has 0 bridgehead atoms. The highest BCUT2D eigenvalue weighted by Gasteiger charge is 2.41. The van der Waals surface area contributed by atoms with Gasteiger partial charge in [0.15, 0.2) is 0 Å². The maximum atomic E-state index is 12.5. The Balaban J connectivity index is 1.42. The average Bonchev–Trinajstić information content (AvgIpc) is 2.90. The molecule has 1 amide bonds. The predicted molar refractivity (Wildman–Crippen MR) is 89.3 cm³/mol. The third-order valence-electron chi connectivity index (χ3n) is 5.13. The van der Waals surface area contributed by atoms with Crippen molar-refractivity contribution in [1.29, 1.82) is 0 Å². The summed E-state index contributed by atoms with van der Waals surface area (Å²) >= 11 is 3.69. The third-order valence-corrected chi connectivity index (χ3v) is 7.37. The zero-order valence-electron chi connectivity index (χ0n) is 12.2. The molecular weight excluding hydrogens is 300 g/mol. The lowest BCUT2D eigenvalue weighted by Crippen LogP contribution is -2.59. The van der Waals surface area contributed by atoms with Gasteiger partial charge in [-0.05, 0) is 62.5 Å². The molecule has 21 heavy (non-hydrogen) atoms. The number of aryl methyl sites for hydroxylation is 1. The zero-order chi connectivity index (χ0) is 14.3. The van der Waals surface area contributed by atoms with E-state index in [1.165, 1.54) is 35.5 Å². The Morgan fingerprint density at radius 2 is 2.33 bits per heavy atom. The molecule has 1 aromatic heterocycles. The highest BCUT2D eigenvalue weighted by atomic mass is 32.2. The number of rotatable bonds is 2. The molecule has 2 N–H and O–H groups in total. The highest BCUT2D eigenvalue weighted by molar-refractivity contribution is 7.98. The number of fused-ring (bicyclic) bond motifs is 1. The number of thioether (sulfide) groups is 1. The molecule has 114 valence electrons. The molecule has 0 aromatic carbocycles. The molecule has 2 aliphatic heterocycles. The van der Waals surface area contributed by atoms with Crippen LogP contribution in [-0.4, -0.2) is 29.8 Å². The maximum absolute atomic E-state index is 12.5. The molecule has 4 rings (SSSR count). The van der Waals surface area contributed by atoms with E-state index in [0.29, 0.717) is 11.6 Å². The van der Waals surface area contributed by atoms with Gasteiger partial charge in [0.25, 0.3) is 5.91 Å². The normalized spacial score (nSPS) is 27.0. The molecule has 1 spiro atoms. The minimum Gasteiger partial charge on any atom is -0.348 e. The number of carbonyl (C=O) groups is 1. The van der Waals surface area contributed by atoms with Crippen LogP contribution in [0.3, 0.4) is 0 Å². The number of carbonyl (C=O) groups excluding carboxylic acids is 1. The van der Waals surface area contributed by atoms with Crippen LogP contribution in [0.15, 0.2) is 6.07 Å². The summed E-state index contributed by atoms with van der Waals surface area (Å²) in [5.41, 5.74) is 1.74. The second kappa shape index (κ2) is 5.60. The Labute approximate surface area is 134 Å². The Hall–Kier alpha value is -0.520. The van der Waals surface area contributed by atoms with Gasteiger partial charge in [0.2, 0.25) is 0 Å². The van der Waals surface area contributed by atoms with Crippen LogP contribution < -0.4 is 10.6 Å². The molecule has 3 heterocycles. The molecule has 1 saturated carbocycles. The van der Waals surface area contributed by atoms with E-state index >= 15 is 0 Å².